The average molecular weight is 1520 g/mol. The van der Waals surface area contributed by atoms with E-state index in [9.17, 15) is 0 Å². The summed E-state index contributed by atoms with van der Waals surface area (Å²) in [5, 5.41) is 16.3. The lowest BCUT2D eigenvalue weighted by Gasteiger charge is -2.21. The van der Waals surface area contributed by atoms with Gasteiger partial charge in [-0.3, -0.25) is 0 Å². The summed E-state index contributed by atoms with van der Waals surface area (Å²) in [5.41, 5.74) is 61.4. The van der Waals surface area contributed by atoms with E-state index in [1.54, 1.807) is 145 Å². The van der Waals surface area contributed by atoms with E-state index in [0.717, 1.165) is 69.2 Å². The summed E-state index contributed by atoms with van der Waals surface area (Å²) in [5.74, 6) is 0. The molecule has 0 saturated heterocycles. The van der Waals surface area contributed by atoms with Gasteiger partial charge in [-0.05, 0) is 457 Å². The minimum Gasteiger partial charge on any atom is -0.160 e. The smallest absolute Gasteiger partial charge is 0.0431 e. The molecule has 19 aliphatic rings. The molecule has 18 aliphatic carbocycles. The average Bonchev–Trinajstić information content (AvgIpc) is 1.46. The molecular weight excluding hydrogens is 1390 g/mol. The summed E-state index contributed by atoms with van der Waals surface area (Å²) in [4.78, 5) is 0. The zero-order chi connectivity index (χ0) is 80.3. The van der Waals surface area contributed by atoms with Crippen LogP contribution in [0.25, 0.3) is 33.4 Å². The molecule has 0 bridgehead atoms. The minimum atomic E-state index is 0.972. The Morgan fingerprint density at radius 2 is 0.426 bits per heavy atom. The van der Waals surface area contributed by atoms with Crippen molar-refractivity contribution >= 4 is 44.9 Å². The van der Waals surface area contributed by atoms with E-state index in [1.807, 2.05) is 13.8 Å². The normalized spacial score (nSPS) is 22.2. The van der Waals surface area contributed by atoms with E-state index >= 15 is 0 Å². The third kappa shape index (κ3) is 17.5. The number of rotatable bonds is 5. The first-order valence-corrected chi connectivity index (χ1v) is 44.8. The quantitative estimate of drug-likeness (QED) is 0.228. The van der Waals surface area contributed by atoms with E-state index in [0.29, 0.717) is 0 Å². The van der Waals surface area contributed by atoms with Crippen LogP contribution in [0.4, 0.5) is 0 Å². The Morgan fingerprint density at radius 1 is 0.183 bits per heavy atom. The standard InChI is InChI=1S/C20H26.C20H22.C20H18.C18H22.C12H14.C11H12.C7H10.C5H8N2/c3*1-13-11-19(17-9-5-3-7-15(13)17)20-12-14(2)16-8-4-6-10-18(16)20;1-11-9-17(15-7-3-5-13(11)15)18-10-12(2)14-6-4-8-16(14)18;1-9-3-5-11(7-9)12-6-4-10(2)8-12;1-8-7-9(2)11-6-4-3-5-10(8)11;1-6-3-4-7(2)5-6;1-4-3-5(2)7-6-4/h3-12H2,1-2H3;3-6H,7-12H2,1-2H3;3-10H,11-12H2,1-2H3;3-10H2,1-2H3;3-6H,7-8H2,1-2H3;3-6H,7H2,1-2H3;3-4H,5H2,1-2H3;3H2,1-2H3. The van der Waals surface area contributed by atoms with Gasteiger partial charge in [0.25, 0.3) is 0 Å². The lowest BCUT2D eigenvalue weighted by atomic mass is 9.84. The van der Waals surface area contributed by atoms with E-state index in [4.69, 9.17) is 0 Å². The topological polar surface area (TPSA) is 24.7 Å². The molecule has 3 aromatic rings. The maximum atomic E-state index is 3.82. The molecule has 4 saturated carbocycles. The van der Waals surface area contributed by atoms with Crippen LogP contribution in [0.1, 0.15) is 310 Å². The maximum absolute atomic E-state index is 3.82. The summed E-state index contributed by atoms with van der Waals surface area (Å²) < 4.78 is 0. The Hall–Kier alpha value is -8.98. The number of hydrogen-bond donors (Lipinski definition) is 0. The Morgan fingerprint density at radius 3 is 0.722 bits per heavy atom. The van der Waals surface area contributed by atoms with Crippen molar-refractivity contribution in [3.05, 3.63) is 332 Å². The fourth-order valence-corrected chi connectivity index (χ4v) is 22.6. The van der Waals surface area contributed by atoms with E-state index in [2.05, 4.69) is 241 Å². The van der Waals surface area contributed by atoms with Gasteiger partial charge in [-0.2, -0.15) is 10.2 Å². The van der Waals surface area contributed by atoms with Crippen molar-refractivity contribution in [2.24, 2.45) is 10.2 Å². The van der Waals surface area contributed by atoms with E-state index < -0.39 is 0 Å². The Balaban J connectivity index is 0.000000106. The van der Waals surface area contributed by atoms with Crippen LogP contribution in [-0.2, 0) is 0 Å². The maximum Gasteiger partial charge on any atom is 0.0431 e. The number of fused-ring (bicyclic) bond motifs is 9. The van der Waals surface area contributed by atoms with Gasteiger partial charge in [-0.25, -0.2) is 0 Å². The van der Waals surface area contributed by atoms with E-state index in [1.165, 1.54) is 228 Å². The highest BCUT2D eigenvalue weighted by Crippen LogP contribution is 2.55. The van der Waals surface area contributed by atoms with Gasteiger partial charge in [0.1, 0.15) is 0 Å². The van der Waals surface area contributed by atoms with Crippen LogP contribution < -0.4 is 31.3 Å². The third-order valence-electron chi connectivity index (χ3n) is 28.4. The second-order valence-corrected chi connectivity index (χ2v) is 37.3. The molecule has 0 amide bonds. The molecule has 1 heterocycles. The fourth-order valence-electron chi connectivity index (χ4n) is 22.6. The first-order chi connectivity index (χ1) is 55.6. The van der Waals surface area contributed by atoms with Gasteiger partial charge in [-0.1, -0.05) is 212 Å². The molecule has 4 fully saturated rings. The highest BCUT2D eigenvalue weighted by atomic mass is 15.2. The van der Waals surface area contributed by atoms with Crippen LogP contribution in [0, 0.1) is 0 Å². The lowest BCUT2D eigenvalue weighted by molar-refractivity contribution is 0.673. The second kappa shape index (κ2) is 35.9. The molecule has 0 spiro atoms. The third-order valence-corrected chi connectivity index (χ3v) is 28.4. The van der Waals surface area contributed by atoms with Crippen LogP contribution in [-0.4, -0.2) is 11.4 Å². The first kappa shape index (κ1) is 81.2. The number of allylic oxidation sites excluding steroid dienone is 40. The monoisotopic (exact) mass is 1520 g/mol. The van der Waals surface area contributed by atoms with Crippen LogP contribution in [0.3, 0.4) is 0 Å². The second-order valence-electron chi connectivity index (χ2n) is 37.3. The van der Waals surface area contributed by atoms with Gasteiger partial charge in [-0.15, -0.1) is 0 Å². The zero-order valence-electron chi connectivity index (χ0n) is 73.5. The lowest BCUT2D eigenvalue weighted by Crippen LogP contribution is -2.26. The van der Waals surface area contributed by atoms with Crippen molar-refractivity contribution in [3.63, 3.8) is 0 Å². The van der Waals surface area contributed by atoms with Gasteiger partial charge in [0, 0.05) is 17.8 Å². The number of benzene rings is 3. The predicted molar refractivity (Wildman–Crippen MR) is 497 cm³/mol. The molecule has 594 valence electrons. The largest absolute Gasteiger partial charge is 0.160 e. The first-order valence-electron chi connectivity index (χ1n) is 44.8. The Bertz CT molecular complexity index is 5400. The predicted octanol–water partition coefficient (Wildman–Crippen LogP) is 27.6. The van der Waals surface area contributed by atoms with Gasteiger partial charge in [0.2, 0.25) is 0 Å². The van der Waals surface area contributed by atoms with Gasteiger partial charge in [0.15, 0.2) is 0 Å². The molecule has 0 unspecified atom stereocenters. The molecular formula is C113H132N2. The molecule has 3 aromatic carbocycles. The van der Waals surface area contributed by atoms with Crippen molar-refractivity contribution < 1.29 is 0 Å². The van der Waals surface area contributed by atoms with Gasteiger partial charge < -0.3 is 0 Å². The zero-order valence-corrected chi connectivity index (χ0v) is 73.5. The molecule has 0 radical (unpaired) electrons. The van der Waals surface area contributed by atoms with Crippen LogP contribution in [0.5, 0.6) is 0 Å². The summed E-state index contributed by atoms with van der Waals surface area (Å²) in [7, 11) is 0. The van der Waals surface area contributed by atoms with Crippen molar-refractivity contribution in [2.75, 3.05) is 0 Å². The van der Waals surface area contributed by atoms with Crippen LogP contribution in [0.2, 0.25) is 0 Å². The molecule has 0 N–H and O–H groups in total. The molecule has 2 nitrogen and oxygen atoms in total. The minimum absolute atomic E-state index is 0.972. The van der Waals surface area contributed by atoms with Crippen molar-refractivity contribution in [1.82, 2.24) is 0 Å². The van der Waals surface area contributed by atoms with E-state index in [-0.39, 0.29) is 0 Å². The molecule has 22 rings (SSSR count). The summed E-state index contributed by atoms with van der Waals surface area (Å²) in [6.07, 6.45) is 62.0. The molecule has 0 aromatic heterocycles. The van der Waals surface area contributed by atoms with Crippen molar-refractivity contribution in [3.8, 4) is 0 Å². The SMILES string of the molecule is CC1=C2CC=CCC2=C(C2=C3CC=CCC3=C(C)C2)C1.CC1=C2CCCC2=C(C2=C3CCCC3=C(C)C2)C1.CC1=C2CCCCC2=C(C2=C3CCCCC3=C(C)C2)C1.CC1=CC=C(C)C1.CC1=CC=C(C2=CC=C(C)C2)C1.CC1=NN=C(C)C1.CC1=c2ccccc2=C(C)C1.CC1=c2ccccc2=C(C2=c3ccccc3=C(C)C2)C1. The summed E-state index contributed by atoms with van der Waals surface area (Å²) in [6, 6.07) is 26.3. The molecule has 0 atom stereocenters. The molecule has 115 heavy (non-hydrogen) atoms. The number of nitrogens with zero attached hydrogens (tertiary/aromatic N) is 2. The fraction of sp³-hybridized carbons (Fsp3) is 0.416. The van der Waals surface area contributed by atoms with Crippen molar-refractivity contribution in [1.29, 1.82) is 0 Å². The summed E-state index contributed by atoms with van der Waals surface area (Å²) >= 11 is 0. The Kier molecular flexibility index (Phi) is 25.3. The molecule has 1 aliphatic heterocycles. The van der Waals surface area contributed by atoms with Crippen molar-refractivity contribution in [2.45, 2.75) is 310 Å². The highest BCUT2D eigenvalue weighted by Gasteiger charge is 2.36. The van der Waals surface area contributed by atoms with Crippen LogP contribution in [0.15, 0.2) is 311 Å². The Labute approximate surface area is 692 Å². The number of hydrogen-bond acceptors (Lipinski definition) is 2. The summed E-state index contributed by atoms with van der Waals surface area (Å²) in [6.45, 7) is 35.8. The van der Waals surface area contributed by atoms with Crippen LogP contribution >= 0.6 is 0 Å². The van der Waals surface area contributed by atoms with Gasteiger partial charge >= 0.3 is 0 Å². The molecule has 2 heteroatoms. The highest BCUT2D eigenvalue weighted by molar-refractivity contribution is 6.05. The van der Waals surface area contributed by atoms with Gasteiger partial charge in [0.05, 0.1) is 0 Å².